The Kier molecular flexibility index (Phi) is 23.6. The van der Waals surface area contributed by atoms with Crippen LogP contribution in [-0.4, -0.2) is 24.5 Å². The first-order valence-corrected chi connectivity index (χ1v) is 14.3. The first-order valence-electron chi connectivity index (χ1n) is 14.3. The minimum absolute atomic E-state index is 0.887. The average molecular weight is 424 g/mol. The third kappa shape index (κ3) is 24.2. The largest absolute Gasteiger partial charge is 0.303 e. The minimum atomic E-state index is 0.887. The van der Waals surface area contributed by atoms with Gasteiger partial charge in [-0.1, -0.05) is 137 Å². The SMILES string of the molecule is CCCCCN(CCCCCCCCCC(C)C)CCCCCCCCCC(C)C. The van der Waals surface area contributed by atoms with Gasteiger partial charge in [-0.15, -0.1) is 0 Å². The highest BCUT2D eigenvalue weighted by molar-refractivity contribution is 4.60. The molecule has 0 rings (SSSR count). The molecule has 0 aromatic carbocycles. The molecule has 1 heteroatoms. The van der Waals surface area contributed by atoms with E-state index in [1.54, 1.807) is 0 Å². The van der Waals surface area contributed by atoms with Crippen molar-refractivity contribution >= 4 is 0 Å². The predicted octanol–water partition coefficient (Wildman–Crippen LogP) is 10.0. The summed E-state index contributed by atoms with van der Waals surface area (Å²) in [6.07, 6.45) is 27.3. The molecule has 0 radical (unpaired) electrons. The van der Waals surface area contributed by atoms with E-state index in [-0.39, 0.29) is 0 Å². The molecule has 0 aromatic rings. The smallest absolute Gasteiger partial charge is 0.00187 e. The highest BCUT2D eigenvalue weighted by atomic mass is 15.1. The van der Waals surface area contributed by atoms with Crippen LogP contribution in [0.2, 0.25) is 0 Å². The van der Waals surface area contributed by atoms with E-state index in [0.717, 1.165) is 11.8 Å². The number of rotatable bonds is 24. The summed E-state index contributed by atoms with van der Waals surface area (Å²) in [6.45, 7) is 15.8. The fraction of sp³-hybridized carbons (Fsp3) is 1.00. The van der Waals surface area contributed by atoms with Gasteiger partial charge >= 0.3 is 0 Å². The molecule has 0 N–H and O–H groups in total. The topological polar surface area (TPSA) is 3.24 Å². The zero-order valence-electron chi connectivity index (χ0n) is 22.2. The summed E-state index contributed by atoms with van der Waals surface area (Å²) in [5.41, 5.74) is 0. The van der Waals surface area contributed by atoms with Gasteiger partial charge < -0.3 is 4.90 Å². The molecular formula is C29H61N. The maximum absolute atomic E-state index is 2.79. The van der Waals surface area contributed by atoms with E-state index in [1.807, 2.05) is 0 Å². The minimum Gasteiger partial charge on any atom is -0.303 e. The molecule has 0 unspecified atom stereocenters. The molecule has 0 aliphatic rings. The van der Waals surface area contributed by atoms with Gasteiger partial charge in [0.2, 0.25) is 0 Å². The van der Waals surface area contributed by atoms with Crippen molar-refractivity contribution in [3.63, 3.8) is 0 Å². The highest BCUT2D eigenvalue weighted by Gasteiger charge is 2.05. The molecule has 0 amide bonds. The normalized spacial score (nSPS) is 12.0. The number of hydrogen-bond acceptors (Lipinski definition) is 1. The van der Waals surface area contributed by atoms with Gasteiger partial charge in [0, 0.05) is 0 Å². The molecule has 0 aliphatic carbocycles. The van der Waals surface area contributed by atoms with Gasteiger partial charge in [-0.25, -0.2) is 0 Å². The third-order valence-corrected chi connectivity index (χ3v) is 6.59. The van der Waals surface area contributed by atoms with E-state index < -0.39 is 0 Å². The van der Waals surface area contributed by atoms with Crippen molar-refractivity contribution in [2.45, 2.75) is 157 Å². The van der Waals surface area contributed by atoms with E-state index >= 15 is 0 Å². The zero-order valence-corrected chi connectivity index (χ0v) is 22.2. The van der Waals surface area contributed by atoms with Crippen molar-refractivity contribution in [3.8, 4) is 0 Å². The molecule has 1 nitrogen and oxygen atoms in total. The van der Waals surface area contributed by atoms with Gasteiger partial charge in [0.15, 0.2) is 0 Å². The number of unbranched alkanes of at least 4 members (excludes halogenated alkanes) is 14. The summed E-state index contributed by atoms with van der Waals surface area (Å²) in [4.78, 5) is 2.79. The maximum atomic E-state index is 2.79. The molecule has 30 heavy (non-hydrogen) atoms. The molecule has 0 heterocycles. The molecule has 0 spiro atoms. The molecular weight excluding hydrogens is 362 g/mol. The second-order valence-electron chi connectivity index (χ2n) is 10.9. The molecule has 0 saturated carbocycles. The van der Waals surface area contributed by atoms with Gasteiger partial charge in [-0.05, 0) is 50.7 Å². The lowest BCUT2D eigenvalue weighted by molar-refractivity contribution is 0.255. The molecule has 0 bridgehead atoms. The lowest BCUT2D eigenvalue weighted by atomic mass is 10.0. The van der Waals surface area contributed by atoms with Crippen LogP contribution in [0.4, 0.5) is 0 Å². The quantitative estimate of drug-likeness (QED) is 0.140. The second kappa shape index (κ2) is 23.6. The van der Waals surface area contributed by atoms with E-state index in [0.29, 0.717) is 0 Å². The Balaban J connectivity index is 3.65. The maximum Gasteiger partial charge on any atom is -0.00187 e. The number of nitrogens with zero attached hydrogens (tertiary/aromatic N) is 1. The Morgan fingerprint density at radius 3 is 1.03 bits per heavy atom. The van der Waals surface area contributed by atoms with E-state index in [4.69, 9.17) is 0 Å². The van der Waals surface area contributed by atoms with Crippen molar-refractivity contribution in [1.29, 1.82) is 0 Å². The zero-order chi connectivity index (χ0) is 22.3. The van der Waals surface area contributed by atoms with Crippen molar-refractivity contribution in [1.82, 2.24) is 4.90 Å². The van der Waals surface area contributed by atoms with Crippen LogP contribution in [-0.2, 0) is 0 Å². The molecule has 0 aliphatic heterocycles. The predicted molar refractivity (Wildman–Crippen MR) is 140 cm³/mol. The van der Waals surface area contributed by atoms with Crippen molar-refractivity contribution in [2.24, 2.45) is 11.8 Å². The monoisotopic (exact) mass is 423 g/mol. The van der Waals surface area contributed by atoms with Crippen LogP contribution in [0.5, 0.6) is 0 Å². The lowest BCUT2D eigenvalue weighted by Crippen LogP contribution is -2.27. The molecule has 182 valence electrons. The van der Waals surface area contributed by atoms with E-state index in [1.165, 1.54) is 142 Å². The van der Waals surface area contributed by atoms with Gasteiger partial charge in [-0.2, -0.15) is 0 Å². The van der Waals surface area contributed by atoms with Crippen molar-refractivity contribution in [2.75, 3.05) is 19.6 Å². The number of hydrogen-bond donors (Lipinski definition) is 0. The van der Waals surface area contributed by atoms with Crippen LogP contribution < -0.4 is 0 Å². The first-order chi connectivity index (χ1) is 14.6. The summed E-state index contributed by atoms with van der Waals surface area (Å²) in [5, 5.41) is 0. The first kappa shape index (κ1) is 30.0. The highest BCUT2D eigenvalue weighted by Crippen LogP contribution is 2.14. The van der Waals surface area contributed by atoms with Gasteiger partial charge in [-0.3, -0.25) is 0 Å². The summed E-state index contributed by atoms with van der Waals surface area (Å²) >= 11 is 0. The van der Waals surface area contributed by atoms with Crippen LogP contribution in [0.25, 0.3) is 0 Å². The van der Waals surface area contributed by atoms with Crippen LogP contribution >= 0.6 is 0 Å². The Labute approximate surface area is 193 Å². The average Bonchev–Trinajstić information content (AvgIpc) is 2.70. The molecule has 0 atom stereocenters. The summed E-state index contributed by atoms with van der Waals surface area (Å²) in [7, 11) is 0. The fourth-order valence-corrected chi connectivity index (χ4v) is 4.46. The van der Waals surface area contributed by atoms with E-state index in [9.17, 15) is 0 Å². The molecule has 0 fully saturated rings. The Morgan fingerprint density at radius 1 is 0.400 bits per heavy atom. The molecule has 0 aromatic heterocycles. The lowest BCUT2D eigenvalue weighted by Gasteiger charge is -2.22. The van der Waals surface area contributed by atoms with Crippen LogP contribution in [0.3, 0.4) is 0 Å². The summed E-state index contributed by atoms with van der Waals surface area (Å²) in [6, 6.07) is 0. The Bertz CT molecular complexity index is 283. The van der Waals surface area contributed by atoms with Crippen LogP contribution in [0.1, 0.15) is 157 Å². The molecule has 0 saturated heterocycles. The summed E-state index contributed by atoms with van der Waals surface area (Å²) in [5.74, 6) is 1.77. The van der Waals surface area contributed by atoms with Gasteiger partial charge in [0.05, 0.1) is 0 Å². The third-order valence-electron chi connectivity index (χ3n) is 6.59. The standard InChI is InChI=1S/C29H61N/c1-6-7-20-25-30(26-21-16-12-8-10-14-18-23-28(2)3)27-22-17-13-9-11-15-19-24-29(4)5/h28-29H,6-27H2,1-5H3. The second-order valence-corrected chi connectivity index (χ2v) is 10.9. The summed E-state index contributed by atoms with van der Waals surface area (Å²) < 4.78 is 0. The fourth-order valence-electron chi connectivity index (χ4n) is 4.46. The van der Waals surface area contributed by atoms with Gasteiger partial charge in [0.25, 0.3) is 0 Å². The van der Waals surface area contributed by atoms with Crippen molar-refractivity contribution in [3.05, 3.63) is 0 Å². The van der Waals surface area contributed by atoms with Crippen molar-refractivity contribution < 1.29 is 0 Å². The Morgan fingerprint density at radius 2 is 0.700 bits per heavy atom. The van der Waals surface area contributed by atoms with E-state index in [2.05, 4.69) is 39.5 Å². The van der Waals surface area contributed by atoms with Crippen LogP contribution in [0, 0.1) is 11.8 Å². The Hall–Kier alpha value is -0.0400. The van der Waals surface area contributed by atoms with Crippen LogP contribution in [0.15, 0.2) is 0 Å². The van der Waals surface area contributed by atoms with Gasteiger partial charge in [0.1, 0.15) is 0 Å².